The monoisotopic (exact) mass is 515 g/mol. The summed E-state index contributed by atoms with van der Waals surface area (Å²) in [4.78, 5) is 34.6. The number of carbonyl (C=O) groups is 1. The van der Waals surface area contributed by atoms with E-state index in [0.29, 0.717) is 34.4 Å². The molecule has 38 heavy (non-hydrogen) atoms. The first kappa shape index (κ1) is 24.4. The molecule has 2 fully saturated rings. The lowest BCUT2D eigenvalue weighted by molar-refractivity contribution is 0.0775. The summed E-state index contributed by atoms with van der Waals surface area (Å²) < 4.78 is 16.6. The van der Waals surface area contributed by atoms with Gasteiger partial charge in [0, 0.05) is 56.6 Å². The van der Waals surface area contributed by atoms with Crippen molar-refractivity contribution in [2.75, 3.05) is 38.5 Å². The Morgan fingerprint density at radius 2 is 1.79 bits per heavy atom. The lowest BCUT2D eigenvalue weighted by atomic mass is 10.0. The maximum Gasteiger partial charge on any atom is 0.255 e. The number of aromatic nitrogens is 6. The van der Waals surface area contributed by atoms with Gasteiger partial charge in [0.25, 0.3) is 5.91 Å². The second kappa shape index (κ2) is 9.39. The molecule has 2 aliphatic rings. The Morgan fingerprint density at radius 3 is 2.47 bits per heavy atom. The fourth-order valence-electron chi connectivity index (χ4n) is 5.82. The van der Waals surface area contributed by atoms with Crippen LogP contribution in [0.3, 0.4) is 0 Å². The third-order valence-electron chi connectivity index (χ3n) is 7.51. The predicted octanol–water partition coefficient (Wildman–Crippen LogP) is 3.46. The van der Waals surface area contributed by atoms with E-state index < -0.39 is 5.82 Å². The van der Waals surface area contributed by atoms with Gasteiger partial charge in [-0.05, 0) is 43.0 Å². The molecule has 4 aromatic rings. The van der Waals surface area contributed by atoms with Crippen molar-refractivity contribution in [3.63, 3.8) is 0 Å². The molecule has 1 N–H and O–H groups in total. The van der Waals surface area contributed by atoms with Crippen molar-refractivity contribution < 1.29 is 9.18 Å². The highest BCUT2D eigenvalue weighted by Crippen LogP contribution is 2.31. The van der Waals surface area contributed by atoms with E-state index in [1.54, 1.807) is 24.5 Å². The third-order valence-corrected chi connectivity index (χ3v) is 7.51. The number of halogens is 1. The van der Waals surface area contributed by atoms with Crippen LogP contribution in [0.15, 0.2) is 36.8 Å². The first-order chi connectivity index (χ1) is 18.3. The van der Waals surface area contributed by atoms with Crippen LogP contribution in [-0.2, 0) is 7.05 Å². The van der Waals surface area contributed by atoms with Crippen molar-refractivity contribution in [2.24, 2.45) is 18.9 Å². The van der Waals surface area contributed by atoms with E-state index in [2.05, 4.69) is 56.1 Å². The number of carbonyl (C=O) groups excluding carboxylic acids is 1. The second-order valence-electron chi connectivity index (χ2n) is 10.7. The van der Waals surface area contributed by atoms with Gasteiger partial charge in [-0.2, -0.15) is 5.10 Å². The minimum Gasteiger partial charge on any atom is -0.338 e. The fraction of sp³-hybridized carbons (Fsp3) is 0.407. The number of likely N-dealkylation sites (tertiary alicyclic amines) is 2. The summed E-state index contributed by atoms with van der Waals surface area (Å²) in [5.41, 5.74) is 2.83. The summed E-state index contributed by atoms with van der Waals surface area (Å²) in [7, 11) is 4.01. The van der Waals surface area contributed by atoms with Crippen LogP contribution < -0.4 is 5.32 Å². The van der Waals surface area contributed by atoms with Gasteiger partial charge >= 0.3 is 0 Å². The zero-order chi connectivity index (χ0) is 26.6. The molecule has 2 saturated heterocycles. The van der Waals surface area contributed by atoms with E-state index in [4.69, 9.17) is 0 Å². The highest BCUT2D eigenvalue weighted by molar-refractivity contribution is 5.94. The molecular weight excluding hydrogens is 485 g/mol. The van der Waals surface area contributed by atoms with Gasteiger partial charge in [-0.3, -0.25) is 9.48 Å². The Labute approximate surface area is 219 Å². The van der Waals surface area contributed by atoms with Crippen LogP contribution in [0.5, 0.6) is 0 Å². The van der Waals surface area contributed by atoms with Crippen molar-refractivity contribution >= 4 is 28.7 Å². The Bertz CT molecular complexity index is 1500. The molecular formula is C27H30FN9O. The lowest BCUT2D eigenvalue weighted by Gasteiger charge is -2.19. The van der Waals surface area contributed by atoms with Crippen LogP contribution >= 0.6 is 0 Å². The zero-order valence-electron chi connectivity index (χ0n) is 21.9. The smallest absolute Gasteiger partial charge is 0.255 e. The van der Waals surface area contributed by atoms with E-state index in [9.17, 15) is 9.18 Å². The summed E-state index contributed by atoms with van der Waals surface area (Å²) in [5, 5.41) is 8.34. The van der Waals surface area contributed by atoms with E-state index in [-0.39, 0.29) is 23.5 Å². The number of nitrogens with one attached hydrogen (secondary N) is 1. The molecule has 11 heteroatoms. The third kappa shape index (κ3) is 4.36. The fourth-order valence-corrected chi connectivity index (χ4v) is 5.82. The molecule has 0 spiro atoms. The van der Waals surface area contributed by atoms with Gasteiger partial charge in [-0.1, -0.05) is 13.8 Å². The van der Waals surface area contributed by atoms with Crippen LogP contribution in [-0.4, -0.2) is 78.7 Å². The Morgan fingerprint density at radius 1 is 1.03 bits per heavy atom. The van der Waals surface area contributed by atoms with Gasteiger partial charge < -0.3 is 15.1 Å². The molecule has 0 bridgehead atoms. The number of fused-ring (bicyclic) bond motifs is 2. The molecule has 0 aromatic carbocycles. The van der Waals surface area contributed by atoms with Crippen molar-refractivity contribution in [3.8, 4) is 11.3 Å². The average Bonchev–Trinajstić information content (AvgIpc) is 3.54. The van der Waals surface area contributed by atoms with Crippen LogP contribution in [0.4, 0.5) is 16.2 Å². The highest BCUT2D eigenvalue weighted by atomic mass is 19.1. The molecule has 6 rings (SSSR count). The molecule has 4 aromatic heterocycles. The van der Waals surface area contributed by atoms with Gasteiger partial charge in [0.2, 0.25) is 5.95 Å². The molecule has 0 aliphatic carbocycles. The number of amides is 1. The van der Waals surface area contributed by atoms with Gasteiger partial charge in [-0.15, -0.1) is 0 Å². The van der Waals surface area contributed by atoms with Crippen molar-refractivity contribution in [1.82, 2.24) is 39.5 Å². The summed E-state index contributed by atoms with van der Waals surface area (Å²) in [6.07, 6.45) is 4.25. The first-order valence-corrected chi connectivity index (χ1v) is 12.8. The normalized spacial score (nSPS) is 19.5. The summed E-state index contributed by atoms with van der Waals surface area (Å²) in [6, 6.07) is 5.32. The van der Waals surface area contributed by atoms with E-state index >= 15 is 0 Å². The van der Waals surface area contributed by atoms with Gasteiger partial charge in [0.15, 0.2) is 11.5 Å². The summed E-state index contributed by atoms with van der Waals surface area (Å²) >= 11 is 0. The molecule has 0 radical (unpaired) electrons. The SMILES string of the molecule is CC(C)c1c2cc(-c3nc(Nc4ccc(C(=O)N5CC6CN(C)CC6C5)cn4)ncc3F)cnc2nn1C. The lowest BCUT2D eigenvalue weighted by Crippen LogP contribution is -2.32. The van der Waals surface area contributed by atoms with Crippen molar-refractivity contribution in [3.05, 3.63) is 53.9 Å². The first-order valence-electron chi connectivity index (χ1n) is 12.8. The topological polar surface area (TPSA) is 105 Å². The van der Waals surface area contributed by atoms with E-state index in [1.165, 1.54) is 0 Å². The average molecular weight is 516 g/mol. The highest BCUT2D eigenvalue weighted by Gasteiger charge is 2.40. The van der Waals surface area contributed by atoms with Crippen LogP contribution in [0.1, 0.15) is 35.8 Å². The number of nitrogens with zero attached hydrogens (tertiary/aromatic N) is 8. The molecule has 1 amide bonds. The summed E-state index contributed by atoms with van der Waals surface area (Å²) in [6.45, 7) is 7.83. The minimum absolute atomic E-state index is 0.000447. The number of anilines is 2. The number of aryl methyl sites for hydroxylation is 1. The second-order valence-corrected chi connectivity index (χ2v) is 10.7. The molecule has 0 saturated carbocycles. The Hall–Kier alpha value is -3.99. The van der Waals surface area contributed by atoms with Crippen LogP contribution in [0.25, 0.3) is 22.3 Å². The quantitative estimate of drug-likeness (QED) is 0.431. The summed E-state index contributed by atoms with van der Waals surface area (Å²) in [5.74, 6) is 1.43. The maximum atomic E-state index is 14.8. The number of hydrogen-bond donors (Lipinski definition) is 1. The van der Waals surface area contributed by atoms with Gasteiger partial charge in [-0.25, -0.2) is 24.3 Å². The van der Waals surface area contributed by atoms with Crippen molar-refractivity contribution in [1.29, 1.82) is 0 Å². The molecule has 10 nitrogen and oxygen atoms in total. The van der Waals surface area contributed by atoms with Gasteiger partial charge in [0.05, 0.1) is 17.5 Å². The number of pyridine rings is 2. The van der Waals surface area contributed by atoms with Gasteiger partial charge in [0.1, 0.15) is 11.5 Å². The van der Waals surface area contributed by atoms with E-state index in [0.717, 1.165) is 43.5 Å². The number of rotatable bonds is 5. The minimum atomic E-state index is -0.554. The van der Waals surface area contributed by atoms with Crippen LogP contribution in [0.2, 0.25) is 0 Å². The van der Waals surface area contributed by atoms with Crippen LogP contribution in [0, 0.1) is 17.7 Å². The molecule has 196 valence electrons. The molecule has 2 atom stereocenters. The Balaban J connectivity index is 1.20. The maximum absolute atomic E-state index is 14.8. The molecule has 6 heterocycles. The zero-order valence-corrected chi connectivity index (χ0v) is 21.9. The Kier molecular flexibility index (Phi) is 6.02. The standard InChI is InChI=1S/C27H30FN9O/c1-15(2)24-20-7-17(9-30-25(20)34-36(24)4)23-21(28)10-31-27(33-23)32-22-6-5-16(8-29-22)26(38)37-13-18-11-35(3)12-19(18)14-37/h5-10,15,18-19H,11-14H2,1-4H3,(H,29,31,32,33). The largest absolute Gasteiger partial charge is 0.338 e. The molecule has 2 aliphatic heterocycles. The van der Waals surface area contributed by atoms with Crippen molar-refractivity contribution in [2.45, 2.75) is 19.8 Å². The van der Waals surface area contributed by atoms with E-state index in [1.807, 2.05) is 22.7 Å². The predicted molar refractivity (Wildman–Crippen MR) is 141 cm³/mol. The number of hydrogen-bond acceptors (Lipinski definition) is 8. The molecule has 2 unspecified atom stereocenters.